The first-order valence-electron chi connectivity index (χ1n) is 8.23. The Morgan fingerprint density at radius 3 is 3.08 bits per heavy atom. The molecule has 1 spiro atoms. The molecule has 6 nitrogen and oxygen atoms in total. The molecule has 2 aliphatic rings. The maximum Gasteiger partial charge on any atom is 0.250 e. The highest BCUT2D eigenvalue weighted by molar-refractivity contribution is 5.14. The summed E-state index contributed by atoms with van der Waals surface area (Å²) in [6, 6.07) is 2.94. The van der Waals surface area contributed by atoms with Crippen LogP contribution < -0.4 is 4.74 Å². The Morgan fingerprint density at radius 1 is 1.46 bits per heavy atom. The van der Waals surface area contributed by atoms with Crippen LogP contribution in [0.1, 0.15) is 18.4 Å². The van der Waals surface area contributed by atoms with Gasteiger partial charge in [0.2, 0.25) is 0 Å². The highest BCUT2D eigenvalue weighted by atomic mass is 19.1. The molecule has 4 rings (SSSR count). The minimum absolute atomic E-state index is 0.0521. The number of hydrogen-bond acceptors (Lipinski definition) is 5. The van der Waals surface area contributed by atoms with Crippen LogP contribution in [0.4, 0.5) is 4.39 Å². The second-order valence-corrected chi connectivity index (χ2v) is 6.72. The van der Waals surface area contributed by atoms with Crippen molar-refractivity contribution in [3.63, 3.8) is 0 Å². The number of likely N-dealkylation sites (tertiary alicyclic amines) is 1. The normalized spacial score (nSPS) is 23.2. The summed E-state index contributed by atoms with van der Waals surface area (Å²) in [5.41, 5.74) is 1.03. The second-order valence-electron chi connectivity index (χ2n) is 6.72. The monoisotopic (exact) mass is 332 g/mol. The number of ether oxygens (including phenoxy) is 2. The van der Waals surface area contributed by atoms with Crippen LogP contribution in [-0.4, -0.2) is 51.1 Å². The third kappa shape index (κ3) is 3.14. The third-order valence-electron chi connectivity index (χ3n) is 4.64. The summed E-state index contributed by atoms with van der Waals surface area (Å²) in [4.78, 5) is 6.31. The van der Waals surface area contributed by atoms with Crippen molar-refractivity contribution >= 4 is 0 Å². The van der Waals surface area contributed by atoms with Gasteiger partial charge in [-0.2, -0.15) is 5.10 Å². The fourth-order valence-corrected chi connectivity index (χ4v) is 3.61. The van der Waals surface area contributed by atoms with Gasteiger partial charge in [0.1, 0.15) is 6.10 Å². The molecular weight excluding hydrogens is 311 g/mol. The van der Waals surface area contributed by atoms with E-state index >= 15 is 0 Å². The lowest BCUT2D eigenvalue weighted by Crippen LogP contribution is -2.65. The molecule has 4 heterocycles. The molecule has 0 N–H and O–H groups in total. The van der Waals surface area contributed by atoms with Gasteiger partial charge in [0.05, 0.1) is 18.4 Å². The zero-order valence-corrected chi connectivity index (χ0v) is 13.7. The quantitative estimate of drug-likeness (QED) is 0.854. The molecule has 2 aromatic rings. The van der Waals surface area contributed by atoms with Gasteiger partial charge in [-0.25, -0.2) is 9.37 Å². The van der Waals surface area contributed by atoms with E-state index in [1.54, 1.807) is 12.3 Å². The molecule has 0 bridgehead atoms. The molecule has 0 amide bonds. The predicted octanol–water partition coefficient (Wildman–Crippen LogP) is 1.77. The highest BCUT2D eigenvalue weighted by Gasteiger charge is 2.48. The van der Waals surface area contributed by atoms with Crippen LogP contribution in [0.15, 0.2) is 30.7 Å². The van der Waals surface area contributed by atoms with Gasteiger partial charge >= 0.3 is 0 Å². The van der Waals surface area contributed by atoms with E-state index in [0.717, 1.165) is 32.5 Å². The number of nitrogens with zero attached hydrogens (tertiary/aromatic N) is 4. The lowest BCUT2D eigenvalue weighted by molar-refractivity contribution is -0.188. The molecule has 0 aromatic carbocycles. The van der Waals surface area contributed by atoms with E-state index in [0.29, 0.717) is 6.61 Å². The first-order valence-corrected chi connectivity index (χ1v) is 8.23. The minimum atomic E-state index is -0.412. The summed E-state index contributed by atoms with van der Waals surface area (Å²) in [6.45, 7) is 3.25. The van der Waals surface area contributed by atoms with Crippen molar-refractivity contribution < 1.29 is 13.9 Å². The van der Waals surface area contributed by atoms with Crippen molar-refractivity contribution in [1.29, 1.82) is 0 Å². The van der Waals surface area contributed by atoms with E-state index in [9.17, 15) is 4.39 Å². The molecule has 2 saturated heterocycles. The smallest absolute Gasteiger partial charge is 0.250 e. The maximum atomic E-state index is 13.7. The lowest BCUT2D eigenvalue weighted by Gasteiger charge is -2.53. The average molecular weight is 332 g/mol. The highest BCUT2D eigenvalue weighted by Crippen LogP contribution is 2.36. The van der Waals surface area contributed by atoms with Gasteiger partial charge < -0.3 is 9.47 Å². The van der Waals surface area contributed by atoms with Crippen LogP contribution in [0.5, 0.6) is 5.88 Å². The average Bonchev–Trinajstić information content (AvgIpc) is 2.94. The summed E-state index contributed by atoms with van der Waals surface area (Å²) in [5, 5.41) is 4.20. The number of aryl methyl sites for hydroxylation is 1. The standard InChI is InChI=1S/C17H21FN4O2/c1-21-9-13(8-20-21)10-22-11-17(12-22)7-14(4-6-23-17)24-16-15(18)3-2-5-19-16/h2-3,5,8-9,14H,4,6-7,10-12H2,1H3/t14-/m0/s1. The van der Waals surface area contributed by atoms with Gasteiger partial charge in [0.25, 0.3) is 5.88 Å². The number of aromatic nitrogens is 3. The number of rotatable bonds is 4. The first kappa shape index (κ1) is 15.5. The van der Waals surface area contributed by atoms with Crippen molar-refractivity contribution in [1.82, 2.24) is 19.7 Å². The molecule has 128 valence electrons. The van der Waals surface area contributed by atoms with Gasteiger partial charge in [-0.3, -0.25) is 9.58 Å². The molecule has 0 saturated carbocycles. The van der Waals surface area contributed by atoms with Gasteiger partial charge in [-0.05, 0) is 12.1 Å². The summed E-state index contributed by atoms with van der Waals surface area (Å²) in [6.07, 6.45) is 6.95. The summed E-state index contributed by atoms with van der Waals surface area (Å²) in [7, 11) is 1.92. The van der Waals surface area contributed by atoms with E-state index in [1.165, 1.54) is 11.6 Å². The van der Waals surface area contributed by atoms with Crippen molar-refractivity contribution in [2.24, 2.45) is 7.05 Å². The number of pyridine rings is 1. The maximum absolute atomic E-state index is 13.7. The van der Waals surface area contributed by atoms with Crippen molar-refractivity contribution in [2.45, 2.75) is 31.1 Å². The SMILES string of the molecule is Cn1cc(CN2CC3(C[C@@H](Oc4ncccc4F)CCO3)C2)cn1. The number of halogens is 1. The van der Waals surface area contributed by atoms with Crippen molar-refractivity contribution in [3.8, 4) is 5.88 Å². The van der Waals surface area contributed by atoms with Crippen LogP contribution in [0.2, 0.25) is 0 Å². The molecule has 2 aliphatic heterocycles. The molecule has 24 heavy (non-hydrogen) atoms. The zero-order valence-electron chi connectivity index (χ0n) is 13.7. The second kappa shape index (κ2) is 6.14. The summed E-state index contributed by atoms with van der Waals surface area (Å²) >= 11 is 0. The fourth-order valence-electron chi connectivity index (χ4n) is 3.61. The van der Waals surface area contributed by atoms with Crippen LogP contribution >= 0.6 is 0 Å². The van der Waals surface area contributed by atoms with Gasteiger partial charge in [-0.15, -0.1) is 0 Å². The molecule has 2 fully saturated rings. The van der Waals surface area contributed by atoms with E-state index in [1.807, 2.05) is 24.1 Å². The van der Waals surface area contributed by atoms with E-state index in [-0.39, 0.29) is 17.6 Å². The van der Waals surface area contributed by atoms with E-state index in [4.69, 9.17) is 9.47 Å². The van der Waals surface area contributed by atoms with Crippen molar-refractivity contribution in [3.05, 3.63) is 42.1 Å². The van der Waals surface area contributed by atoms with Gasteiger partial charge in [0.15, 0.2) is 5.82 Å². The van der Waals surface area contributed by atoms with Crippen molar-refractivity contribution in [2.75, 3.05) is 19.7 Å². The Hall–Kier alpha value is -1.99. The van der Waals surface area contributed by atoms with Crippen LogP contribution in [0.25, 0.3) is 0 Å². The Bertz CT molecular complexity index is 714. The Kier molecular flexibility index (Phi) is 3.97. The Balaban J connectivity index is 1.33. The lowest BCUT2D eigenvalue weighted by atomic mass is 9.84. The fraction of sp³-hybridized carbons (Fsp3) is 0.529. The topological polar surface area (TPSA) is 52.4 Å². The molecule has 0 unspecified atom stereocenters. The van der Waals surface area contributed by atoms with Crippen LogP contribution in [-0.2, 0) is 18.3 Å². The van der Waals surface area contributed by atoms with E-state index in [2.05, 4.69) is 15.0 Å². The zero-order chi connectivity index (χ0) is 16.6. The largest absolute Gasteiger partial charge is 0.472 e. The molecule has 1 atom stereocenters. The number of hydrogen-bond donors (Lipinski definition) is 0. The Labute approximate surface area is 140 Å². The predicted molar refractivity (Wildman–Crippen MR) is 85.0 cm³/mol. The van der Waals surface area contributed by atoms with Gasteiger partial charge in [-0.1, -0.05) is 0 Å². The Morgan fingerprint density at radius 2 is 2.33 bits per heavy atom. The summed E-state index contributed by atoms with van der Waals surface area (Å²) < 4.78 is 27.3. The third-order valence-corrected chi connectivity index (χ3v) is 4.64. The van der Waals surface area contributed by atoms with Crippen LogP contribution in [0.3, 0.4) is 0 Å². The molecule has 7 heteroatoms. The molecule has 0 radical (unpaired) electrons. The summed E-state index contributed by atoms with van der Waals surface area (Å²) in [5.74, 6) is -0.323. The molecule has 0 aliphatic carbocycles. The molecule has 2 aromatic heterocycles. The van der Waals surface area contributed by atoms with Gasteiger partial charge in [0, 0.05) is 57.5 Å². The van der Waals surface area contributed by atoms with Crippen LogP contribution in [0, 0.1) is 5.82 Å². The minimum Gasteiger partial charge on any atom is -0.472 e. The molecular formula is C17H21FN4O2. The van der Waals surface area contributed by atoms with E-state index < -0.39 is 5.82 Å². The first-order chi connectivity index (χ1) is 11.6.